The van der Waals surface area contributed by atoms with Gasteiger partial charge in [-0.25, -0.2) is 0 Å². The zero-order chi connectivity index (χ0) is 31.3. The maximum atomic E-state index is 6.28. The predicted molar refractivity (Wildman–Crippen MR) is 193 cm³/mol. The SMILES string of the molecule is Cc1ccc2c(c1)c1ccccc1n2-c1ccc(Oc2cccc(Oc3ccc(-n4c5ccccc5c5ccccc54)cc3)c2)cc1. The Hall–Kier alpha value is -6.26. The van der Waals surface area contributed by atoms with E-state index in [1.807, 2.05) is 48.5 Å². The number of aromatic nitrogens is 2. The zero-order valence-corrected chi connectivity index (χ0v) is 25.8. The minimum Gasteiger partial charge on any atom is -0.457 e. The number of nitrogens with zero attached hydrogens (tertiary/aromatic N) is 2. The Kier molecular flexibility index (Phi) is 6.32. The molecule has 9 rings (SSSR count). The van der Waals surface area contributed by atoms with Crippen molar-refractivity contribution in [3.05, 3.63) is 169 Å². The van der Waals surface area contributed by atoms with Gasteiger partial charge in [0.2, 0.25) is 0 Å². The standard InChI is InChI=1S/C43H30N2O2/c1-29-17-26-43-39(27-29)38-13-4-7-16-42(38)45(43)31-20-24-33(25-21-31)47-35-10-8-9-34(28-35)46-32-22-18-30(19-23-32)44-40-14-5-2-11-36(40)37-12-3-6-15-41(37)44/h2-28H,1H3. The molecule has 9 aromatic rings. The molecule has 0 N–H and O–H groups in total. The molecule has 4 nitrogen and oxygen atoms in total. The molecule has 2 aromatic heterocycles. The molecule has 0 aliphatic carbocycles. The van der Waals surface area contributed by atoms with Gasteiger partial charge in [-0.05, 0) is 97.9 Å². The Labute approximate surface area is 272 Å². The van der Waals surface area contributed by atoms with E-state index in [9.17, 15) is 0 Å². The van der Waals surface area contributed by atoms with E-state index < -0.39 is 0 Å². The monoisotopic (exact) mass is 606 g/mol. The fourth-order valence-electron chi connectivity index (χ4n) is 6.77. The summed E-state index contributed by atoms with van der Waals surface area (Å²) in [5.74, 6) is 2.95. The second kappa shape index (κ2) is 11.0. The Bertz CT molecular complexity index is 2520. The molecule has 2 heterocycles. The lowest BCUT2D eigenvalue weighted by Crippen LogP contribution is -1.94. The lowest BCUT2D eigenvalue weighted by molar-refractivity contribution is 0.460. The summed E-state index contributed by atoms with van der Waals surface area (Å²) < 4.78 is 17.2. The van der Waals surface area contributed by atoms with E-state index >= 15 is 0 Å². The van der Waals surface area contributed by atoms with Gasteiger partial charge in [-0.15, -0.1) is 0 Å². The summed E-state index contributed by atoms with van der Waals surface area (Å²) in [6.07, 6.45) is 0. The number of hydrogen-bond acceptors (Lipinski definition) is 2. The molecule has 0 radical (unpaired) electrons. The molecule has 4 heteroatoms. The molecule has 224 valence electrons. The van der Waals surface area contributed by atoms with E-state index in [1.54, 1.807) is 0 Å². The van der Waals surface area contributed by atoms with E-state index in [4.69, 9.17) is 9.47 Å². The van der Waals surface area contributed by atoms with Crippen molar-refractivity contribution in [1.29, 1.82) is 0 Å². The van der Waals surface area contributed by atoms with Crippen molar-refractivity contribution in [2.24, 2.45) is 0 Å². The third-order valence-electron chi connectivity index (χ3n) is 8.87. The van der Waals surface area contributed by atoms with Crippen molar-refractivity contribution in [2.75, 3.05) is 0 Å². The predicted octanol–water partition coefficient (Wildman–Crippen LogP) is 11.8. The first-order valence-electron chi connectivity index (χ1n) is 15.8. The van der Waals surface area contributed by atoms with Gasteiger partial charge in [0.1, 0.15) is 23.0 Å². The Balaban J connectivity index is 0.956. The maximum absolute atomic E-state index is 6.28. The van der Waals surface area contributed by atoms with Gasteiger partial charge in [-0.1, -0.05) is 72.3 Å². The molecule has 7 aromatic carbocycles. The van der Waals surface area contributed by atoms with Crippen LogP contribution in [0.2, 0.25) is 0 Å². The number of fused-ring (bicyclic) bond motifs is 6. The lowest BCUT2D eigenvalue weighted by atomic mass is 10.1. The Morgan fingerprint density at radius 3 is 1.26 bits per heavy atom. The molecule has 0 fully saturated rings. The number of hydrogen-bond donors (Lipinski definition) is 0. The fraction of sp³-hybridized carbons (Fsp3) is 0.0233. The summed E-state index contributed by atoms with van der Waals surface area (Å²) in [5.41, 5.74) is 8.19. The molecule has 0 aliphatic heterocycles. The van der Waals surface area contributed by atoms with Crippen LogP contribution in [0.3, 0.4) is 0 Å². The molecule has 0 atom stereocenters. The van der Waals surface area contributed by atoms with Gasteiger partial charge in [-0.3, -0.25) is 0 Å². The summed E-state index contributed by atoms with van der Waals surface area (Å²) in [6.45, 7) is 2.14. The average molecular weight is 607 g/mol. The minimum atomic E-state index is 0.712. The Morgan fingerprint density at radius 2 is 0.766 bits per heavy atom. The number of benzene rings is 7. The highest BCUT2D eigenvalue weighted by atomic mass is 16.5. The van der Waals surface area contributed by atoms with E-state index in [2.05, 4.69) is 131 Å². The highest BCUT2D eigenvalue weighted by Crippen LogP contribution is 2.35. The third-order valence-corrected chi connectivity index (χ3v) is 8.87. The van der Waals surface area contributed by atoms with Crippen molar-refractivity contribution >= 4 is 43.6 Å². The van der Waals surface area contributed by atoms with Gasteiger partial charge in [0, 0.05) is 39.0 Å². The Morgan fingerprint density at radius 1 is 0.340 bits per heavy atom. The number of para-hydroxylation sites is 3. The first kappa shape index (κ1) is 27.1. The molecule has 0 bridgehead atoms. The molecule has 0 unspecified atom stereocenters. The van der Waals surface area contributed by atoms with Crippen LogP contribution in [-0.2, 0) is 0 Å². The molecule has 47 heavy (non-hydrogen) atoms. The molecule has 0 aliphatic rings. The number of rotatable bonds is 6. The van der Waals surface area contributed by atoms with Crippen molar-refractivity contribution in [1.82, 2.24) is 9.13 Å². The fourth-order valence-corrected chi connectivity index (χ4v) is 6.77. The van der Waals surface area contributed by atoms with Gasteiger partial charge in [0.05, 0.1) is 22.1 Å². The van der Waals surface area contributed by atoms with Crippen LogP contribution in [-0.4, -0.2) is 9.13 Å². The van der Waals surface area contributed by atoms with Crippen molar-refractivity contribution < 1.29 is 9.47 Å². The maximum Gasteiger partial charge on any atom is 0.131 e. The van der Waals surface area contributed by atoms with Gasteiger partial charge < -0.3 is 18.6 Å². The van der Waals surface area contributed by atoms with Gasteiger partial charge in [0.25, 0.3) is 0 Å². The van der Waals surface area contributed by atoms with Crippen LogP contribution in [0.5, 0.6) is 23.0 Å². The third kappa shape index (κ3) is 4.70. The quantitative estimate of drug-likeness (QED) is 0.188. The second-order valence-electron chi connectivity index (χ2n) is 11.9. The topological polar surface area (TPSA) is 28.3 Å². The molecule has 0 saturated carbocycles. The smallest absolute Gasteiger partial charge is 0.131 e. The van der Waals surface area contributed by atoms with E-state index in [0.717, 1.165) is 22.9 Å². The lowest BCUT2D eigenvalue weighted by Gasteiger charge is -2.12. The summed E-state index contributed by atoms with van der Waals surface area (Å²) >= 11 is 0. The number of ether oxygens (including phenoxy) is 2. The normalized spacial score (nSPS) is 11.5. The molecular weight excluding hydrogens is 576 g/mol. The summed E-state index contributed by atoms with van der Waals surface area (Å²) in [4.78, 5) is 0. The summed E-state index contributed by atoms with van der Waals surface area (Å²) in [6, 6.07) is 56.5. The summed E-state index contributed by atoms with van der Waals surface area (Å²) in [5, 5.41) is 5.01. The van der Waals surface area contributed by atoms with Gasteiger partial charge in [0.15, 0.2) is 0 Å². The van der Waals surface area contributed by atoms with Crippen molar-refractivity contribution in [2.45, 2.75) is 6.92 Å². The number of aryl methyl sites for hydroxylation is 1. The van der Waals surface area contributed by atoms with Crippen molar-refractivity contribution in [3.8, 4) is 34.4 Å². The van der Waals surface area contributed by atoms with Crippen LogP contribution in [0.4, 0.5) is 0 Å². The molecule has 0 saturated heterocycles. The minimum absolute atomic E-state index is 0.712. The van der Waals surface area contributed by atoms with Crippen LogP contribution < -0.4 is 9.47 Å². The highest BCUT2D eigenvalue weighted by molar-refractivity contribution is 6.10. The van der Waals surface area contributed by atoms with E-state index in [1.165, 1.54) is 49.2 Å². The molecular formula is C43H30N2O2. The summed E-state index contributed by atoms with van der Waals surface area (Å²) in [7, 11) is 0. The highest BCUT2D eigenvalue weighted by Gasteiger charge is 2.13. The van der Waals surface area contributed by atoms with Crippen LogP contribution in [0.15, 0.2) is 164 Å². The van der Waals surface area contributed by atoms with Gasteiger partial charge in [-0.2, -0.15) is 0 Å². The van der Waals surface area contributed by atoms with Crippen LogP contribution in [0.25, 0.3) is 55.0 Å². The van der Waals surface area contributed by atoms with Gasteiger partial charge >= 0.3 is 0 Å². The zero-order valence-electron chi connectivity index (χ0n) is 25.8. The van der Waals surface area contributed by atoms with Crippen molar-refractivity contribution in [3.63, 3.8) is 0 Å². The first-order valence-corrected chi connectivity index (χ1v) is 15.8. The molecule has 0 spiro atoms. The molecule has 0 amide bonds. The first-order chi connectivity index (χ1) is 23.2. The average Bonchev–Trinajstić information content (AvgIpc) is 3.62. The van der Waals surface area contributed by atoms with Crippen LogP contribution >= 0.6 is 0 Å². The van der Waals surface area contributed by atoms with E-state index in [-0.39, 0.29) is 0 Å². The van der Waals surface area contributed by atoms with Crippen LogP contribution in [0.1, 0.15) is 5.56 Å². The second-order valence-corrected chi connectivity index (χ2v) is 11.9. The van der Waals surface area contributed by atoms with E-state index in [0.29, 0.717) is 11.5 Å². The largest absolute Gasteiger partial charge is 0.457 e. The van der Waals surface area contributed by atoms with Crippen LogP contribution in [0, 0.1) is 6.92 Å².